The predicted octanol–water partition coefficient (Wildman–Crippen LogP) is 4.23. The number of amides is 1. The molecule has 0 aromatic heterocycles. The van der Waals surface area contributed by atoms with Crippen LogP contribution in [-0.4, -0.2) is 37.8 Å². The van der Waals surface area contributed by atoms with Crippen LogP contribution in [0.25, 0.3) is 0 Å². The summed E-state index contributed by atoms with van der Waals surface area (Å²) >= 11 is 6.07. The fraction of sp³-hybridized carbons (Fsp3) is 0.381. The summed E-state index contributed by atoms with van der Waals surface area (Å²) in [4.78, 5) is 13.2. The summed E-state index contributed by atoms with van der Waals surface area (Å²) in [5.41, 5.74) is 1.41. The van der Waals surface area contributed by atoms with Crippen molar-refractivity contribution in [2.24, 2.45) is 0 Å². The molecule has 1 atom stereocenters. The van der Waals surface area contributed by atoms with Crippen LogP contribution in [0, 0.1) is 6.92 Å². The third kappa shape index (κ3) is 4.91. The molecule has 156 valence electrons. The van der Waals surface area contributed by atoms with Crippen molar-refractivity contribution in [1.82, 2.24) is 4.31 Å². The first-order chi connectivity index (χ1) is 13.8. The smallest absolute Gasteiger partial charge is 0.243 e. The van der Waals surface area contributed by atoms with Gasteiger partial charge in [0.05, 0.1) is 17.2 Å². The number of ether oxygens (including phenoxy) is 1. The minimum Gasteiger partial charge on any atom is -0.491 e. The number of benzene rings is 2. The summed E-state index contributed by atoms with van der Waals surface area (Å²) in [6.07, 6.45) is 1.90. The highest BCUT2D eigenvalue weighted by molar-refractivity contribution is 7.89. The molecule has 0 spiro atoms. The average Bonchev–Trinajstić information content (AvgIpc) is 3.19. The molecule has 1 amide bonds. The second kappa shape index (κ2) is 9.15. The molecule has 0 unspecified atom stereocenters. The number of hydrogen-bond acceptors (Lipinski definition) is 4. The van der Waals surface area contributed by atoms with Gasteiger partial charge >= 0.3 is 0 Å². The van der Waals surface area contributed by atoms with Crippen molar-refractivity contribution in [3.8, 4) is 5.75 Å². The SMILES string of the molecule is CCCOc1ccc(Cl)cc1NC(=O)[C@@H]1CCCN1S(=O)(=O)c1ccc(C)cc1. The first-order valence-corrected chi connectivity index (χ1v) is 11.5. The Balaban J connectivity index is 1.82. The van der Waals surface area contributed by atoms with Gasteiger partial charge in [0.2, 0.25) is 15.9 Å². The lowest BCUT2D eigenvalue weighted by Crippen LogP contribution is -2.43. The van der Waals surface area contributed by atoms with E-state index < -0.39 is 16.1 Å². The van der Waals surface area contributed by atoms with E-state index in [0.29, 0.717) is 42.5 Å². The van der Waals surface area contributed by atoms with Gasteiger partial charge in [-0.15, -0.1) is 0 Å². The molecule has 6 nitrogen and oxygen atoms in total. The van der Waals surface area contributed by atoms with Crippen molar-refractivity contribution >= 4 is 33.2 Å². The Hall–Kier alpha value is -2.09. The van der Waals surface area contributed by atoms with E-state index in [0.717, 1.165) is 12.0 Å². The zero-order chi connectivity index (χ0) is 21.0. The topological polar surface area (TPSA) is 75.7 Å². The quantitative estimate of drug-likeness (QED) is 0.704. The molecule has 0 aliphatic carbocycles. The molecular formula is C21H25ClN2O4S. The van der Waals surface area contributed by atoms with Gasteiger partial charge in [-0.25, -0.2) is 8.42 Å². The molecule has 0 saturated carbocycles. The monoisotopic (exact) mass is 436 g/mol. The lowest BCUT2D eigenvalue weighted by atomic mass is 10.2. The van der Waals surface area contributed by atoms with E-state index in [-0.39, 0.29) is 10.8 Å². The Morgan fingerprint density at radius 1 is 1.24 bits per heavy atom. The van der Waals surface area contributed by atoms with Crippen LogP contribution >= 0.6 is 11.6 Å². The fourth-order valence-corrected chi connectivity index (χ4v) is 5.12. The maximum absolute atomic E-state index is 13.1. The number of nitrogens with zero attached hydrogens (tertiary/aromatic N) is 1. The van der Waals surface area contributed by atoms with Crippen molar-refractivity contribution in [2.75, 3.05) is 18.5 Å². The van der Waals surface area contributed by atoms with Gasteiger partial charge in [0.1, 0.15) is 11.8 Å². The first-order valence-electron chi connectivity index (χ1n) is 9.64. The number of hydrogen-bond donors (Lipinski definition) is 1. The van der Waals surface area contributed by atoms with Crippen LogP contribution in [0.1, 0.15) is 31.7 Å². The molecule has 8 heteroatoms. The van der Waals surface area contributed by atoms with Gasteiger partial charge in [-0.3, -0.25) is 4.79 Å². The van der Waals surface area contributed by atoms with Crippen LogP contribution in [0.2, 0.25) is 5.02 Å². The highest BCUT2D eigenvalue weighted by Crippen LogP contribution is 2.31. The molecule has 1 fully saturated rings. The van der Waals surface area contributed by atoms with Crippen LogP contribution in [-0.2, 0) is 14.8 Å². The van der Waals surface area contributed by atoms with Crippen molar-refractivity contribution in [2.45, 2.75) is 44.0 Å². The van der Waals surface area contributed by atoms with E-state index in [4.69, 9.17) is 16.3 Å². The van der Waals surface area contributed by atoms with Gasteiger partial charge in [-0.1, -0.05) is 36.2 Å². The third-order valence-corrected chi connectivity index (χ3v) is 6.95. The lowest BCUT2D eigenvalue weighted by Gasteiger charge is -2.24. The Labute approximate surface area is 176 Å². The van der Waals surface area contributed by atoms with E-state index in [1.54, 1.807) is 42.5 Å². The minimum atomic E-state index is -3.76. The number of aryl methyl sites for hydroxylation is 1. The van der Waals surface area contributed by atoms with E-state index in [9.17, 15) is 13.2 Å². The normalized spacial score (nSPS) is 17.3. The van der Waals surface area contributed by atoms with Crippen LogP contribution < -0.4 is 10.1 Å². The molecule has 1 aliphatic heterocycles. The number of nitrogens with one attached hydrogen (secondary N) is 1. The van der Waals surface area contributed by atoms with Crippen molar-refractivity contribution in [3.05, 3.63) is 53.1 Å². The molecule has 2 aromatic rings. The second-order valence-corrected chi connectivity index (χ2v) is 9.39. The zero-order valence-corrected chi connectivity index (χ0v) is 18.1. The largest absolute Gasteiger partial charge is 0.491 e. The minimum absolute atomic E-state index is 0.192. The Bertz CT molecular complexity index is 977. The Morgan fingerprint density at radius 2 is 1.97 bits per heavy atom. The Kier molecular flexibility index (Phi) is 6.82. The molecule has 3 rings (SSSR count). The van der Waals surface area contributed by atoms with Gasteiger partial charge in [0.25, 0.3) is 0 Å². The molecular weight excluding hydrogens is 412 g/mol. The van der Waals surface area contributed by atoms with E-state index in [2.05, 4.69) is 5.32 Å². The number of carbonyl (C=O) groups excluding carboxylic acids is 1. The number of carbonyl (C=O) groups is 1. The van der Waals surface area contributed by atoms with E-state index >= 15 is 0 Å². The second-order valence-electron chi connectivity index (χ2n) is 7.07. The molecule has 1 heterocycles. The summed E-state index contributed by atoms with van der Waals surface area (Å²) in [6, 6.07) is 10.9. The van der Waals surface area contributed by atoms with Gasteiger partial charge in [-0.05, 0) is 56.5 Å². The van der Waals surface area contributed by atoms with E-state index in [1.165, 1.54) is 4.31 Å². The highest BCUT2D eigenvalue weighted by atomic mass is 35.5. The van der Waals surface area contributed by atoms with Gasteiger partial charge in [0.15, 0.2) is 0 Å². The summed E-state index contributed by atoms with van der Waals surface area (Å²) in [6.45, 7) is 4.69. The number of anilines is 1. The number of halogens is 1. The molecule has 1 aliphatic rings. The molecule has 0 radical (unpaired) electrons. The maximum atomic E-state index is 13.1. The number of rotatable bonds is 7. The molecule has 0 bridgehead atoms. The average molecular weight is 437 g/mol. The molecule has 29 heavy (non-hydrogen) atoms. The summed E-state index contributed by atoms with van der Waals surface area (Å²) < 4.78 is 33.1. The molecule has 2 aromatic carbocycles. The lowest BCUT2D eigenvalue weighted by molar-refractivity contribution is -0.119. The van der Waals surface area contributed by atoms with Crippen molar-refractivity contribution < 1.29 is 17.9 Å². The van der Waals surface area contributed by atoms with Crippen LogP contribution in [0.15, 0.2) is 47.4 Å². The summed E-state index contributed by atoms with van der Waals surface area (Å²) in [5.74, 6) is 0.123. The maximum Gasteiger partial charge on any atom is 0.243 e. The van der Waals surface area contributed by atoms with Crippen LogP contribution in [0.3, 0.4) is 0 Å². The summed E-state index contributed by atoms with van der Waals surface area (Å²) in [7, 11) is -3.76. The van der Waals surface area contributed by atoms with Crippen molar-refractivity contribution in [1.29, 1.82) is 0 Å². The fourth-order valence-electron chi connectivity index (χ4n) is 3.29. The van der Waals surface area contributed by atoms with Gasteiger partial charge in [-0.2, -0.15) is 4.31 Å². The molecule has 1 N–H and O–H groups in total. The standard InChI is InChI=1S/C21H25ClN2O4S/c1-3-13-28-20-11-8-16(22)14-18(20)23-21(25)19-5-4-12-24(19)29(26,27)17-9-6-15(2)7-10-17/h6-11,14,19H,3-5,12-13H2,1-2H3,(H,23,25)/t19-/m0/s1. The summed E-state index contributed by atoms with van der Waals surface area (Å²) in [5, 5.41) is 3.27. The van der Waals surface area contributed by atoms with Gasteiger partial charge < -0.3 is 10.1 Å². The predicted molar refractivity (Wildman–Crippen MR) is 114 cm³/mol. The number of sulfonamides is 1. The Morgan fingerprint density at radius 3 is 2.66 bits per heavy atom. The van der Waals surface area contributed by atoms with E-state index in [1.807, 2.05) is 13.8 Å². The highest BCUT2D eigenvalue weighted by Gasteiger charge is 2.39. The van der Waals surface area contributed by atoms with Crippen LogP contribution in [0.5, 0.6) is 5.75 Å². The molecule has 1 saturated heterocycles. The van der Waals surface area contributed by atoms with Crippen molar-refractivity contribution in [3.63, 3.8) is 0 Å². The third-order valence-electron chi connectivity index (χ3n) is 4.80. The van der Waals surface area contributed by atoms with Gasteiger partial charge in [0, 0.05) is 11.6 Å². The first kappa shape index (κ1) is 21.6. The van der Waals surface area contributed by atoms with Crippen LogP contribution in [0.4, 0.5) is 5.69 Å². The zero-order valence-electron chi connectivity index (χ0n) is 16.5.